The molecule has 0 bridgehead atoms. The molecule has 0 unspecified atom stereocenters. The third-order valence-corrected chi connectivity index (χ3v) is 2.13. The average molecular weight is 313 g/mol. The largest absolute Gasteiger partial charge is 0.449 e. The predicted molar refractivity (Wildman–Crippen MR) is 70.6 cm³/mol. The predicted octanol–water partition coefficient (Wildman–Crippen LogP) is 2.46. The van der Waals surface area contributed by atoms with E-state index in [1.165, 1.54) is 0 Å². The molecule has 0 rings (SSSR count). The number of halogens is 5. The Hall–Kier alpha value is -0.0400. The zero-order chi connectivity index (χ0) is 12.4. The van der Waals surface area contributed by atoms with Crippen LogP contribution in [0.5, 0.6) is 0 Å². The molecule has 112 valence electrons. The lowest BCUT2D eigenvalue weighted by atomic mass is 10.1. The minimum atomic E-state index is -4.67. The van der Waals surface area contributed by atoms with Crippen molar-refractivity contribution in [1.29, 1.82) is 0 Å². The molecule has 0 radical (unpaired) electrons. The van der Waals surface area contributed by atoms with Gasteiger partial charge in [-0.05, 0) is 38.9 Å². The quantitative estimate of drug-likeness (QED) is 0.643. The van der Waals surface area contributed by atoms with E-state index in [0.29, 0.717) is 19.4 Å². The van der Waals surface area contributed by atoms with Crippen molar-refractivity contribution in [3.63, 3.8) is 0 Å². The van der Waals surface area contributed by atoms with Gasteiger partial charge in [-0.2, -0.15) is 13.2 Å². The summed E-state index contributed by atoms with van der Waals surface area (Å²) in [5, 5.41) is 3.12. The van der Waals surface area contributed by atoms with Gasteiger partial charge in [0, 0.05) is 6.42 Å². The number of hydrogen-bond acceptors (Lipinski definition) is 3. The van der Waals surface area contributed by atoms with Gasteiger partial charge in [-0.3, -0.25) is 4.79 Å². The number of alkyl halides is 3. The molecular weight excluding hydrogens is 292 g/mol. The molecule has 0 heterocycles. The van der Waals surface area contributed by atoms with Gasteiger partial charge in [0.25, 0.3) is 0 Å². The van der Waals surface area contributed by atoms with Gasteiger partial charge in [-0.1, -0.05) is 6.42 Å². The summed E-state index contributed by atoms with van der Waals surface area (Å²) in [6, 6.07) is 0. The summed E-state index contributed by atoms with van der Waals surface area (Å²) in [6.45, 7) is 2.23. The number of carbonyl (C=O) groups is 1. The Bertz CT molecular complexity index is 204. The Morgan fingerprint density at radius 2 is 1.56 bits per heavy atom. The molecule has 8 heteroatoms. The second-order valence-corrected chi connectivity index (χ2v) is 3.62. The van der Waals surface area contributed by atoms with Crippen LogP contribution < -0.4 is 11.1 Å². The van der Waals surface area contributed by atoms with Gasteiger partial charge in [-0.25, -0.2) is 0 Å². The highest BCUT2D eigenvalue weighted by Gasteiger charge is 2.36. The number of carbonyl (C=O) groups excluding carboxylic acids is 1. The SMILES string of the molecule is Cl.Cl.NCCCNCCCCCC(=O)C(F)(F)F. The van der Waals surface area contributed by atoms with Crippen molar-refractivity contribution in [2.75, 3.05) is 19.6 Å². The highest BCUT2D eigenvalue weighted by molar-refractivity contribution is 5.85. The van der Waals surface area contributed by atoms with Gasteiger partial charge in [0.2, 0.25) is 5.78 Å². The lowest BCUT2D eigenvalue weighted by Gasteiger charge is -2.05. The molecule has 18 heavy (non-hydrogen) atoms. The molecule has 0 aliphatic rings. The van der Waals surface area contributed by atoms with E-state index in [-0.39, 0.29) is 24.8 Å². The number of ketones is 1. The number of unbranched alkanes of at least 4 members (excludes halogenated alkanes) is 2. The van der Waals surface area contributed by atoms with E-state index >= 15 is 0 Å². The highest BCUT2D eigenvalue weighted by atomic mass is 35.5. The molecule has 0 aliphatic heterocycles. The van der Waals surface area contributed by atoms with E-state index in [1.807, 2.05) is 0 Å². The zero-order valence-electron chi connectivity index (χ0n) is 10.1. The van der Waals surface area contributed by atoms with E-state index < -0.39 is 18.4 Å². The normalized spacial score (nSPS) is 10.4. The fourth-order valence-electron chi connectivity index (χ4n) is 1.21. The number of Topliss-reactive ketones (excluding diaryl/α,β-unsaturated/α-hetero) is 1. The van der Waals surface area contributed by atoms with Crippen molar-refractivity contribution in [2.24, 2.45) is 5.73 Å². The summed E-state index contributed by atoms with van der Waals surface area (Å²) in [4.78, 5) is 10.5. The minimum absolute atomic E-state index is 0. The van der Waals surface area contributed by atoms with E-state index in [2.05, 4.69) is 5.32 Å². The van der Waals surface area contributed by atoms with Crippen molar-refractivity contribution in [3.05, 3.63) is 0 Å². The van der Waals surface area contributed by atoms with Crippen molar-refractivity contribution in [2.45, 2.75) is 38.3 Å². The zero-order valence-corrected chi connectivity index (χ0v) is 11.7. The molecule has 0 amide bonds. The van der Waals surface area contributed by atoms with Crippen LogP contribution in [0.2, 0.25) is 0 Å². The first kappa shape index (κ1) is 23.1. The summed E-state index contributed by atoms with van der Waals surface area (Å²) in [6.07, 6.45) is -2.44. The van der Waals surface area contributed by atoms with Crippen LogP contribution in [0.25, 0.3) is 0 Å². The summed E-state index contributed by atoms with van der Waals surface area (Å²) in [5.74, 6) is -1.62. The fourth-order valence-corrected chi connectivity index (χ4v) is 1.21. The van der Waals surface area contributed by atoms with Crippen molar-refractivity contribution >= 4 is 30.6 Å². The molecule has 3 N–H and O–H groups in total. The maximum Gasteiger partial charge on any atom is 0.449 e. The number of nitrogens with one attached hydrogen (secondary N) is 1. The average Bonchev–Trinajstić information content (AvgIpc) is 2.20. The summed E-state index contributed by atoms with van der Waals surface area (Å²) in [5.41, 5.74) is 5.28. The molecule has 0 fully saturated rings. The lowest BCUT2D eigenvalue weighted by Crippen LogP contribution is -2.22. The molecule has 0 aliphatic carbocycles. The third-order valence-electron chi connectivity index (χ3n) is 2.13. The van der Waals surface area contributed by atoms with Crippen LogP contribution in [0.1, 0.15) is 32.1 Å². The van der Waals surface area contributed by atoms with Gasteiger partial charge in [0.1, 0.15) is 0 Å². The van der Waals surface area contributed by atoms with Gasteiger partial charge in [-0.15, -0.1) is 24.8 Å². The number of rotatable bonds is 9. The monoisotopic (exact) mass is 312 g/mol. The molecule has 0 aromatic rings. The molecule has 0 aromatic heterocycles. The Kier molecular flexibility index (Phi) is 17.2. The van der Waals surface area contributed by atoms with Gasteiger partial charge in [0.05, 0.1) is 0 Å². The number of hydrogen-bond donors (Lipinski definition) is 2. The number of nitrogens with two attached hydrogens (primary N) is 1. The first-order chi connectivity index (χ1) is 7.48. The molecule has 0 atom stereocenters. The molecule has 0 saturated heterocycles. The second-order valence-electron chi connectivity index (χ2n) is 3.62. The second kappa shape index (κ2) is 13.4. The van der Waals surface area contributed by atoms with Gasteiger partial charge < -0.3 is 11.1 Å². The van der Waals surface area contributed by atoms with Gasteiger partial charge in [0.15, 0.2) is 0 Å². The smallest absolute Gasteiger partial charge is 0.330 e. The first-order valence-electron chi connectivity index (χ1n) is 5.49. The molecule has 0 aromatic carbocycles. The molecular formula is C10H21Cl2F3N2O. The Balaban J connectivity index is -0.00000112. The van der Waals surface area contributed by atoms with Crippen molar-refractivity contribution in [1.82, 2.24) is 5.32 Å². The van der Waals surface area contributed by atoms with Crippen LogP contribution in [0.3, 0.4) is 0 Å². The van der Waals surface area contributed by atoms with E-state index in [4.69, 9.17) is 5.73 Å². The summed E-state index contributed by atoms with van der Waals surface area (Å²) in [7, 11) is 0. The van der Waals surface area contributed by atoms with E-state index in [9.17, 15) is 18.0 Å². The van der Waals surface area contributed by atoms with Crippen molar-refractivity contribution in [3.8, 4) is 0 Å². The van der Waals surface area contributed by atoms with E-state index in [0.717, 1.165) is 25.9 Å². The Morgan fingerprint density at radius 3 is 2.06 bits per heavy atom. The van der Waals surface area contributed by atoms with Crippen LogP contribution in [0.4, 0.5) is 13.2 Å². The maximum atomic E-state index is 11.8. The Labute approximate surface area is 118 Å². The first-order valence-corrected chi connectivity index (χ1v) is 5.49. The topological polar surface area (TPSA) is 55.1 Å². The van der Waals surface area contributed by atoms with Gasteiger partial charge >= 0.3 is 6.18 Å². The molecule has 0 saturated carbocycles. The van der Waals surface area contributed by atoms with Crippen LogP contribution in [-0.4, -0.2) is 31.6 Å². The fraction of sp³-hybridized carbons (Fsp3) is 0.900. The van der Waals surface area contributed by atoms with Crippen molar-refractivity contribution < 1.29 is 18.0 Å². The highest BCUT2D eigenvalue weighted by Crippen LogP contribution is 2.19. The van der Waals surface area contributed by atoms with Crippen LogP contribution >= 0.6 is 24.8 Å². The third kappa shape index (κ3) is 14.0. The Morgan fingerprint density at radius 1 is 1.00 bits per heavy atom. The maximum absolute atomic E-state index is 11.8. The van der Waals surface area contributed by atoms with Crippen LogP contribution in [0, 0.1) is 0 Å². The lowest BCUT2D eigenvalue weighted by molar-refractivity contribution is -0.171. The molecule has 3 nitrogen and oxygen atoms in total. The summed E-state index contributed by atoms with van der Waals surface area (Å²) < 4.78 is 35.4. The molecule has 0 spiro atoms. The standard InChI is InChI=1S/C10H19F3N2O.2ClH/c11-10(12,13)9(16)5-2-1-3-7-15-8-4-6-14;;/h15H,1-8,14H2;2*1H. The van der Waals surface area contributed by atoms with Crippen LogP contribution in [0.15, 0.2) is 0 Å². The summed E-state index contributed by atoms with van der Waals surface area (Å²) >= 11 is 0. The van der Waals surface area contributed by atoms with E-state index in [1.54, 1.807) is 0 Å². The van der Waals surface area contributed by atoms with Crippen LogP contribution in [-0.2, 0) is 4.79 Å². The minimum Gasteiger partial charge on any atom is -0.330 e.